The summed E-state index contributed by atoms with van der Waals surface area (Å²) in [5.41, 5.74) is 0.170. The lowest BCUT2D eigenvalue weighted by Gasteiger charge is -1.99. The van der Waals surface area contributed by atoms with Gasteiger partial charge in [-0.2, -0.15) is 0 Å². The summed E-state index contributed by atoms with van der Waals surface area (Å²) in [5, 5.41) is 8.01. The summed E-state index contributed by atoms with van der Waals surface area (Å²) in [6.07, 6.45) is 1.78. The molecule has 6 heteroatoms. The molecular formula is C10H8FN3OS. The van der Waals surface area contributed by atoms with E-state index in [4.69, 9.17) is 0 Å². The predicted octanol–water partition coefficient (Wildman–Crippen LogP) is 1.69. The average molecular weight is 237 g/mol. The largest absolute Gasteiger partial charge is 0.298 e. The lowest BCUT2D eigenvalue weighted by Crippen LogP contribution is -2.13. The highest BCUT2D eigenvalue weighted by molar-refractivity contribution is 7.98. The topological polar surface area (TPSA) is 58.6 Å². The van der Waals surface area contributed by atoms with Gasteiger partial charge in [0.25, 0.3) is 5.56 Å². The summed E-state index contributed by atoms with van der Waals surface area (Å²) in [5.74, 6) is -0.410. The molecule has 1 aromatic heterocycles. The number of nitrogens with one attached hydrogen (secondary N) is 1. The number of rotatable bonds is 2. The first kappa shape index (κ1) is 10.8. The minimum atomic E-state index is -0.410. The average Bonchev–Trinajstić information content (AvgIpc) is 2.28. The van der Waals surface area contributed by atoms with Crippen molar-refractivity contribution in [3.05, 3.63) is 40.4 Å². The molecule has 0 spiro atoms. The zero-order valence-electron chi connectivity index (χ0n) is 8.40. The molecule has 82 valence electrons. The second-order valence-electron chi connectivity index (χ2n) is 3.02. The fraction of sp³-hybridized carbons (Fsp3) is 0.100. The minimum Gasteiger partial charge on any atom is -0.298 e. The molecule has 0 aliphatic rings. The Balaban J connectivity index is 2.53. The second-order valence-corrected chi connectivity index (χ2v) is 3.82. The van der Waals surface area contributed by atoms with E-state index < -0.39 is 5.82 Å². The van der Waals surface area contributed by atoms with Crippen LogP contribution >= 0.6 is 11.8 Å². The van der Waals surface area contributed by atoms with Crippen LogP contribution in [0.2, 0.25) is 0 Å². The molecule has 0 aliphatic heterocycles. The van der Waals surface area contributed by atoms with Gasteiger partial charge in [-0.25, -0.2) is 4.39 Å². The van der Waals surface area contributed by atoms with Crippen molar-refractivity contribution in [3.8, 4) is 11.3 Å². The van der Waals surface area contributed by atoms with Crippen molar-refractivity contribution in [2.45, 2.75) is 5.16 Å². The van der Waals surface area contributed by atoms with E-state index in [0.717, 1.165) is 0 Å². The van der Waals surface area contributed by atoms with Crippen LogP contribution in [0.4, 0.5) is 4.39 Å². The summed E-state index contributed by atoms with van der Waals surface area (Å²) in [4.78, 5) is 14.2. The SMILES string of the molecule is CSc1nnc(-c2cccc(F)c2)c(=O)[nH]1. The molecular weight excluding hydrogens is 229 g/mol. The molecule has 0 saturated carbocycles. The van der Waals surface area contributed by atoms with Crippen molar-refractivity contribution in [3.63, 3.8) is 0 Å². The first-order valence-electron chi connectivity index (χ1n) is 4.47. The molecule has 1 N–H and O–H groups in total. The van der Waals surface area contributed by atoms with E-state index >= 15 is 0 Å². The normalized spacial score (nSPS) is 10.4. The van der Waals surface area contributed by atoms with E-state index in [2.05, 4.69) is 15.2 Å². The van der Waals surface area contributed by atoms with Crippen LogP contribution < -0.4 is 5.56 Å². The molecule has 0 saturated heterocycles. The second kappa shape index (κ2) is 4.44. The Morgan fingerprint density at radius 3 is 2.81 bits per heavy atom. The van der Waals surface area contributed by atoms with Gasteiger partial charge < -0.3 is 0 Å². The zero-order valence-corrected chi connectivity index (χ0v) is 9.21. The summed E-state index contributed by atoms with van der Waals surface area (Å²) in [6.45, 7) is 0. The summed E-state index contributed by atoms with van der Waals surface area (Å²) in [7, 11) is 0. The fourth-order valence-corrected chi connectivity index (χ4v) is 1.56. The van der Waals surface area contributed by atoms with Crippen molar-refractivity contribution in [1.82, 2.24) is 15.2 Å². The molecule has 0 atom stereocenters. The Morgan fingerprint density at radius 1 is 1.38 bits per heavy atom. The number of H-pyrrole nitrogens is 1. The number of benzene rings is 1. The van der Waals surface area contributed by atoms with Gasteiger partial charge in [0.1, 0.15) is 5.82 Å². The van der Waals surface area contributed by atoms with Gasteiger partial charge in [0, 0.05) is 5.56 Å². The lowest BCUT2D eigenvalue weighted by molar-refractivity contribution is 0.628. The van der Waals surface area contributed by atoms with Crippen LogP contribution in [-0.4, -0.2) is 21.4 Å². The standard InChI is InChI=1S/C10H8FN3OS/c1-16-10-12-9(15)8(13-14-10)6-3-2-4-7(11)5-6/h2-5H,1H3,(H,12,14,15). The molecule has 1 heterocycles. The Hall–Kier alpha value is -1.69. The van der Waals surface area contributed by atoms with E-state index in [1.807, 2.05) is 0 Å². The highest BCUT2D eigenvalue weighted by atomic mass is 32.2. The Morgan fingerprint density at radius 2 is 2.19 bits per heavy atom. The van der Waals surface area contributed by atoms with E-state index in [1.165, 1.54) is 30.0 Å². The molecule has 2 rings (SSSR count). The van der Waals surface area contributed by atoms with Gasteiger partial charge in [-0.15, -0.1) is 10.2 Å². The van der Waals surface area contributed by atoms with Gasteiger partial charge >= 0.3 is 0 Å². The Bertz CT molecular complexity index is 570. The van der Waals surface area contributed by atoms with Gasteiger partial charge in [0.15, 0.2) is 10.9 Å². The van der Waals surface area contributed by atoms with Gasteiger partial charge in [0.2, 0.25) is 0 Å². The summed E-state index contributed by atoms with van der Waals surface area (Å²) >= 11 is 1.29. The van der Waals surface area contributed by atoms with Crippen LogP contribution in [-0.2, 0) is 0 Å². The third kappa shape index (κ3) is 2.11. The Kier molecular flexibility index (Phi) is 3.00. The molecule has 0 unspecified atom stereocenters. The molecule has 16 heavy (non-hydrogen) atoms. The van der Waals surface area contributed by atoms with Gasteiger partial charge in [-0.3, -0.25) is 9.78 Å². The third-order valence-corrected chi connectivity index (χ3v) is 2.54. The van der Waals surface area contributed by atoms with Crippen LogP contribution in [0.3, 0.4) is 0 Å². The number of halogens is 1. The summed E-state index contributed by atoms with van der Waals surface area (Å²) < 4.78 is 13.0. The molecule has 0 aliphatic carbocycles. The maximum Gasteiger partial charge on any atom is 0.278 e. The Labute approximate surface area is 94.9 Å². The van der Waals surface area contributed by atoms with E-state index in [0.29, 0.717) is 10.7 Å². The first-order valence-corrected chi connectivity index (χ1v) is 5.70. The van der Waals surface area contributed by atoms with Crippen molar-refractivity contribution in [1.29, 1.82) is 0 Å². The monoisotopic (exact) mass is 237 g/mol. The molecule has 2 aromatic rings. The van der Waals surface area contributed by atoms with Gasteiger partial charge in [-0.05, 0) is 18.4 Å². The number of nitrogens with zero attached hydrogens (tertiary/aromatic N) is 2. The van der Waals surface area contributed by atoms with Crippen LogP contribution in [0.15, 0.2) is 34.2 Å². The number of aromatic nitrogens is 3. The van der Waals surface area contributed by atoms with Crippen molar-refractivity contribution >= 4 is 11.8 Å². The van der Waals surface area contributed by atoms with Crippen molar-refractivity contribution in [2.75, 3.05) is 6.26 Å². The molecule has 0 amide bonds. The van der Waals surface area contributed by atoms with Gasteiger partial charge in [0.05, 0.1) is 0 Å². The van der Waals surface area contributed by atoms with Gasteiger partial charge in [-0.1, -0.05) is 23.9 Å². The highest BCUT2D eigenvalue weighted by Crippen LogP contribution is 2.14. The van der Waals surface area contributed by atoms with E-state index in [-0.39, 0.29) is 11.3 Å². The minimum absolute atomic E-state index is 0.123. The zero-order chi connectivity index (χ0) is 11.5. The smallest absolute Gasteiger partial charge is 0.278 e. The maximum atomic E-state index is 13.0. The molecule has 0 bridgehead atoms. The number of hydrogen-bond acceptors (Lipinski definition) is 4. The molecule has 4 nitrogen and oxygen atoms in total. The van der Waals surface area contributed by atoms with E-state index in [1.54, 1.807) is 12.3 Å². The lowest BCUT2D eigenvalue weighted by atomic mass is 10.1. The molecule has 0 fully saturated rings. The van der Waals surface area contributed by atoms with Crippen LogP contribution in [0.25, 0.3) is 11.3 Å². The number of aromatic amines is 1. The highest BCUT2D eigenvalue weighted by Gasteiger charge is 2.07. The third-order valence-electron chi connectivity index (χ3n) is 1.97. The fourth-order valence-electron chi connectivity index (χ4n) is 1.24. The number of thioether (sulfide) groups is 1. The van der Waals surface area contributed by atoms with Crippen LogP contribution in [0.1, 0.15) is 0 Å². The van der Waals surface area contributed by atoms with Crippen LogP contribution in [0.5, 0.6) is 0 Å². The van der Waals surface area contributed by atoms with Crippen molar-refractivity contribution < 1.29 is 4.39 Å². The number of hydrogen-bond donors (Lipinski definition) is 1. The summed E-state index contributed by atoms with van der Waals surface area (Å²) in [6, 6.07) is 5.69. The maximum absolute atomic E-state index is 13.0. The molecule has 1 aromatic carbocycles. The quantitative estimate of drug-likeness (QED) is 0.807. The van der Waals surface area contributed by atoms with Crippen LogP contribution in [0, 0.1) is 5.82 Å². The van der Waals surface area contributed by atoms with Crippen molar-refractivity contribution in [2.24, 2.45) is 0 Å². The molecule has 0 radical (unpaired) electrons. The first-order chi connectivity index (χ1) is 7.70. The predicted molar refractivity (Wildman–Crippen MR) is 59.8 cm³/mol. The van der Waals surface area contributed by atoms with E-state index in [9.17, 15) is 9.18 Å².